The van der Waals surface area contributed by atoms with Gasteiger partial charge in [0.1, 0.15) is 13.3 Å². The molecule has 1 aromatic carbocycles. The minimum Gasteiger partial charge on any atom is -0.374 e. The highest BCUT2D eigenvalue weighted by Gasteiger charge is 1.98. The number of benzene rings is 1. The fourth-order valence-corrected chi connectivity index (χ4v) is 0.836. The van der Waals surface area contributed by atoms with Crippen molar-refractivity contribution in [3.63, 3.8) is 0 Å². The lowest BCUT2D eigenvalue weighted by molar-refractivity contribution is -0.198. The monoisotopic (exact) mass is 181 g/mol. The van der Waals surface area contributed by atoms with E-state index < -0.39 is 6.73 Å². The molecule has 0 saturated carbocycles. The van der Waals surface area contributed by atoms with Crippen molar-refractivity contribution in [3.8, 4) is 0 Å². The Morgan fingerprint density at radius 3 is 2.62 bits per heavy atom. The highest BCUT2D eigenvalue weighted by Crippen LogP contribution is 2.01. The van der Waals surface area contributed by atoms with Gasteiger partial charge in [0.25, 0.3) is 0 Å². The number of aliphatic hydroxyl groups excluding tert-OH is 1. The Balaban J connectivity index is 2.38. The Hall–Kier alpha value is -1.39. The maximum Gasteiger partial charge on any atom is 0.235 e. The Morgan fingerprint density at radius 2 is 2.08 bits per heavy atom. The molecule has 0 saturated heterocycles. The Labute approximate surface area is 76.3 Å². The number of rotatable bonds is 5. The van der Waals surface area contributed by atoms with Crippen molar-refractivity contribution in [1.82, 2.24) is 5.06 Å². The fourth-order valence-electron chi connectivity index (χ4n) is 0.836. The summed E-state index contributed by atoms with van der Waals surface area (Å²) >= 11 is 0. The van der Waals surface area contributed by atoms with Crippen molar-refractivity contribution in [1.29, 1.82) is 0 Å². The molecule has 13 heavy (non-hydrogen) atoms. The summed E-state index contributed by atoms with van der Waals surface area (Å²) in [5.41, 5.74) is 0.947. The van der Waals surface area contributed by atoms with Gasteiger partial charge in [0.15, 0.2) is 0 Å². The second kappa shape index (κ2) is 5.29. The van der Waals surface area contributed by atoms with E-state index in [-0.39, 0.29) is 6.61 Å². The summed E-state index contributed by atoms with van der Waals surface area (Å²) in [5, 5.41) is 9.40. The van der Waals surface area contributed by atoms with Gasteiger partial charge in [0, 0.05) is 0 Å². The van der Waals surface area contributed by atoms with E-state index in [0.29, 0.717) is 6.41 Å². The predicted molar refractivity (Wildman–Crippen MR) is 46.2 cm³/mol. The highest BCUT2D eigenvalue weighted by molar-refractivity contribution is 5.44. The first-order valence-electron chi connectivity index (χ1n) is 3.86. The zero-order chi connectivity index (χ0) is 9.52. The van der Waals surface area contributed by atoms with E-state index in [1.54, 1.807) is 0 Å². The molecule has 0 heterocycles. The molecule has 0 aliphatic rings. The van der Waals surface area contributed by atoms with Crippen LogP contribution in [0.2, 0.25) is 0 Å². The zero-order valence-corrected chi connectivity index (χ0v) is 7.09. The molecule has 4 nitrogen and oxygen atoms in total. The Kier molecular flexibility index (Phi) is 3.95. The van der Waals surface area contributed by atoms with Crippen LogP contribution in [0, 0.1) is 0 Å². The molecule has 4 heteroatoms. The topological polar surface area (TPSA) is 49.8 Å². The summed E-state index contributed by atoms with van der Waals surface area (Å²) in [6.45, 7) is -0.156. The molecule has 1 amide bonds. The molecule has 0 aromatic heterocycles. The summed E-state index contributed by atoms with van der Waals surface area (Å²) < 4.78 is 0. The zero-order valence-electron chi connectivity index (χ0n) is 7.09. The van der Waals surface area contributed by atoms with E-state index in [1.807, 2.05) is 30.3 Å². The average molecular weight is 181 g/mol. The van der Waals surface area contributed by atoms with Gasteiger partial charge in [0.05, 0.1) is 0 Å². The van der Waals surface area contributed by atoms with Crippen LogP contribution in [0.3, 0.4) is 0 Å². The van der Waals surface area contributed by atoms with Crippen LogP contribution in [-0.4, -0.2) is 23.3 Å². The Bertz CT molecular complexity index is 250. The first-order chi connectivity index (χ1) is 6.36. The van der Waals surface area contributed by atoms with E-state index in [9.17, 15) is 4.79 Å². The third kappa shape index (κ3) is 3.23. The minimum absolute atomic E-state index is 0.278. The van der Waals surface area contributed by atoms with Crippen molar-refractivity contribution in [2.45, 2.75) is 6.61 Å². The molecule has 1 N–H and O–H groups in total. The quantitative estimate of drug-likeness (QED) is 0.409. The number of amides is 1. The van der Waals surface area contributed by atoms with E-state index in [1.165, 1.54) is 0 Å². The molecule has 70 valence electrons. The van der Waals surface area contributed by atoms with Gasteiger partial charge in [0.2, 0.25) is 6.41 Å². The highest BCUT2D eigenvalue weighted by atomic mass is 16.7. The van der Waals surface area contributed by atoms with Crippen LogP contribution in [-0.2, 0) is 16.2 Å². The molecule has 0 aliphatic heterocycles. The van der Waals surface area contributed by atoms with Crippen LogP contribution >= 0.6 is 0 Å². The van der Waals surface area contributed by atoms with Gasteiger partial charge < -0.3 is 5.11 Å². The number of hydroxylamine groups is 2. The predicted octanol–water partition coefficient (Wildman–Crippen LogP) is 0.526. The van der Waals surface area contributed by atoms with Crippen LogP contribution in [0.4, 0.5) is 0 Å². The second-order valence-electron chi connectivity index (χ2n) is 2.42. The van der Waals surface area contributed by atoms with Crippen LogP contribution in [0.25, 0.3) is 0 Å². The number of hydrogen-bond acceptors (Lipinski definition) is 3. The third-order valence-corrected chi connectivity index (χ3v) is 1.50. The van der Waals surface area contributed by atoms with Crippen molar-refractivity contribution >= 4 is 6.41 Å². The molecule has 0 aliphatic carbocycles. The van der Waals surface area contributed by atoms with Crippen molar-refractivity contribution in [2.24, 2.45) is 0 Å². The van der Waals surface area contributed by atoms with Crippen LogP contribution in [0.1, 0.15) is 5.56 Å². The molecule has 0 bridgehead atoms. The van der Waals surface area contributed by atoms with Crippen LogP contribution < -0.4 is 0 Å². The first kappa shape index (κ1) is 9.70. The summed E-state index contributed by atoms with van der Waals surface area (Å²) in [6.07, 6.45) is 0.433. The first-order valence-corrected chi connectivity index (χ1v) is 3.86. The lowest BCUT2D eigenvalue weighted by Gasteiger charge is -2.12. The molecule has 0 fully saturated rings. The van der Waals surface area contributed by atoms with Gasteiger partial charge in [-0.25, -0.2) is 0 Å². The van der Waals surface area contributed by atoms with Crippen LogP contribution in [0.15, 0.2) is 30.3 Å². The molecule has 0 atom stereocenters. The number of hydrogen-bond donors (Lipinski definition) is 1. The molecular weight excluding hydrogens is 170 g/mol. The minimum atomic E-state index is -0.434. The van der Waals surface area contributed by atoms with Crippen molar-refractivity contribution in [2.75, 3.05) is 6.73 Å². The van der Waals surface area contributed by atoms with Gasteiger partial charge in [-0.05, 0) is 5.56 Å². The third-order valence-electron chi connectivity index (χ3n) is 1.50. The number of nitrogens with zero attached hydrogens (tertiary/aromatic N) is 1. The van der Waals surface area contributed by atoms with Crippen LogP contribution in [0.5, 0.6) is 0 Å². The molecule has 0 unspecified atom stereocenters. The largest absolute Gasteiger partial charge is 0.374 e. The van der Waals surface area contributed by atoms with Crippen molar-refractivity contribution in [3.05, 3.63) is 35.9 Å². The average Bonchev–Trinajstić information content (AvgIpc) is 2.21. The number of carbonyl (C=O) groups is 1. The number of carbonyl (C=O) groups excluding carboxylic acids is 1. The molecule has 1 aromatic rings. The second-order valence-corrected chi connectivity index (χ2v) is 2.42. The Morgan fingerprint density at radius 1 is 1.38 bits per heavy atom. The molecule has 0 spiro atoms. The fraction of sp³-hybridized carbons (Fsp3) is 0.222. The SMILES string of the molecule is O=CN(CO)OCc1ccccc1. The molecule has 1 rings (SSSR count). The summed E-state index contributed by atoms with van der Waals surface area (Å²) in [6, 6.07) is 9.40. The summed E-state index contributed by atoms with van der Waals surface area (Å²) in [4.78, 5) is 15.1. The molecular formula is C9H11NO3. The summed E-state index contributed by atoms with van der Waals surface area (Å²) in [5.74, 6) is 0. The molecule has 0 radical (unpaired) electrons. The lowest BCUT2D eigenvalue weighted by atomic mass is 10.2. The van der Waals surface area contributed by atoms with E-state index in [4.69, 9.17) is 9.94 Å². The number of aliphatic hydroxyl groups is 1. The standard InChI is InChI=1S/C9H11NO3/c11-7-10(8-12)13-6-9-4-2-1-3-5-9/h1-5,7,12H,6,8H2. The smallest absolute Gasteiger partial charge is 0.235 e. The van der Waals surface area contributed by atoms with Gasteiger partial charge in [-0.15, -0.1) is 0 Å². The van der Waals surface area contributed by atoms with E-state index >= 15 is 0 Å². The van der Waals surface area contributed by atoms with E-state index in [0.717, 1.165) is 10.6 Å². The van der Waals surface area contributed by atoms with Gasteiger partial charge in [-0.1, -0.05) is 30.3 Å². The van der Waals surface area contributed by atoms with E-state index in [2.05, 4.69) is 0 Å². The van der Waals surface area contributed by atoms with Crippen molar-refractivity contribution < 1.29 is 14.7 Å². The lowest BCUT2D eigenvalue weighted by Crippen LogP contribution is -2.22. The van der Waals surface area contributed by atoms with Gasteiger partial charge in [-0.3, -0.25) is 9.63 Å². The van der Waals surface area contributed by atoms with Gasteiger partial charge >= 0.3 is 0 Å². The maximum absolute atomic E-state index is 10.2. The summed E-state index contributed by atoms with van der Waals surface area (Å²) in [7, 11) is 0. The maximum atomic E-state index is 10.2. The normalized spacial score (nSPS) is 9.62. The van der Waals surface area contributed by atoms with Gasteiger partial charge in [-0.2, -0.15) is 5.06 Å².